The third kappa shape index (κ3) is 3.90. The first-order chi connectivity index (χ1) is 11.0. The molecule has 0 aromatic heterocycles. The highest BCUT2D eigenvalue weighted by molar-refractivity contribution is 9.10. The fourth-order valence-electron chi connectivity index (χ4n) is 1.70. The van der Waals surface area contributed by atoms with E-state index in [4.69, 9.17) is 11.6 Å². The number of rotatable bonds is 3. The average molecular weight is 443 g/mol. The molecule has 0 aliphatic carbocycles. The SMILES string of the molecule is O=C(Nc1ccc(Br)cc1Cl)c1ccc(S(=O)(=O)C(F)(F)F)cc1. The van der Waals surface area contributed by atoms with E-state index in [-0.39, 0.29) is 10.6 Å². The Balaban J connectivity index is 2.23. The molecule has 2 aromatic carbocycles. The van der Waals surface area contributed by atoms with Crippen molar-refractivity contribution in [3.63, 3.8) is 0 Å². The van der Waals surface area contributed by atoms with E-state index >= 15 is 0 Å². The van der Waals surface area contributed by atoms with Crippen molar-refractivity contribution in [2.75, 3.05) is 5.32 Å². The van der Waals surface area contributed by atoms with Crippen LogP contribution < -0.4 is 5.32 Å². The maximum atomic E-state index is 12.5. The maximum Gasteiger partial charge on any atom is 0.501 e. The lowest BCUT2D eigenvalue weighted by molar-refractivity contribution is -0.0436. The largest absolute Gasteiger partial charge is 0.501 e. The topological polar surface area (TPSA) is 63.2 Å². The van der Waals surface area contributed by atoms with Gasteiger partial charge >= 0.3 is 5.51 Å². The van der Waals surface area contributed by atoms with E-state index in [0.717, 1.165) is 24.3 Å². The summed E-state index contributed by atoms with van der Waals surface area (Å²) in [5.74, 6) is -0.643. The highest BCUT2D eigenvalue weighted by Crippen LogP contribution is 2.30. The molecule has 24 heavy (non-hydrogen) atoms. The number of hydrogen-bond donors (Lipinski definition) is 1. The standard InChI is InChI=1S/C14H8BrClF3NO3S/c15-9-3-6-12(11(16)7-9)20-13(21)8-1-4-10(5-2-8)24(22,23)14(17,18)19/h1-7H,(H,20,21). The summed E-state index contributed by atoms with van der Waals surface area (Å²) in [6.45, 7) is 0. The zero-order valence-electron chi connectivity index (χ0n) is 11.6. The van der Waals surface area contributed by atoms with Gasteiger partial charge in [0, 0.05) is 10.0 Å². The average Bonchev–Trinajstić information content (AvgIpc) is 2.49. The van der Waals surface area contributed by atoms with Crippen LogP contribution in [0.2, 0.25) is 5.02 Å². The van der Waals surface area contributed by atoms with Gasteiger partial charge in [0.2, 0.25) is 0 Å². The second-order valence-electron chi connectivity index (χ2n) is 4.55. The van der Waals surface area contributed by atoms with Crippen LogP contribution in [-0.4, -0.2) is 19.8 Å². The number of carbonyl (C=O) groups excluding carboxylic acids is 1. The van der Waals surface area contributed by atoms with Crippen molar-refractivity contribution in [3.8, 4) is 0 Å². The second-order valence-corrected chi connectivity index (χ2v) is 7.82. The zero-order chi connectivity index (χ0) is 18.1. The number of halogens is 5. The minimum atomic E-state index is -5.45. The number of benzene rings is 2. The van der Waals surface area contributed by atoms with Crippen LogP contribution in [0.5, 0.6) is 0 Å². The number of amides is 1. The molecule has 0 heterocycles. The fraction of sp³-hybridized carbons (Fsp3) is 0.0714. The molecule has 0 aliphatic heterocycles. The molecule has 0 saturated heterocycles. The van der Waals surface area contributed by atoms with Crippen LogP contribution in [0.1, 0.15) is 10.4 Å². The molecule has 0 saturated carbocycles. The first-order valence-electron chi connectivity index (χ1n) is 6.20. The van der Waals surface area contributed by atoms with E-state index in [1.54, 1.807) is 12.1 Å². The Hall–Kier alpha value is -1.58. The van der Waals surface area contributed by atoms with Gasteiger partial charge in [-0.2, -0.15) is 13.2 Å². The summed E-state index contributed by atoms with van der Waals surface area (Å²) in [5.41, 5.74) is -5.12. The lowest BCUT2D eigenvalue weighted by atomic mass is 10.2. The zero-order valence-corrected chi connectivity index (χ0v) is 14.7. The molecular formula is C14H8BrClF3NO3S. The molecule has 0 radical (unpaired) electrons. The van der Waals surface area contributed by atoms with Gasteiger partial charge in [0.25, 0.3) is 15.7 Å². The Morgan fingerprint density at radius 3 is 2.17 bits per heavy atom. The Kier molecular flexibility index (Phi) is 5.26. The molecule has 2 rings (SSSR count). The molecule has 128 valence electrons. The summed E-state index contributed by atoms with van der Waals surface area (Å²) in [4.78, 5) is 11.1. The van der Waals surface area contributed by atoms with Gasteiger partial charge in [-0.3, -0.25) is 4.79 Å². The van der Waals surface area contributed by atoms with Crippen LogP contribution in [0.4, 0.5) is 18.9 Å². The van der Waals surface area contributed by atoms with E-state index in [0.29, 0.717) is 10.2 Å². The number of hydrogen-bond acceptors (Lipinski definition) is 3. The van der Waals surface area contributed by atoms with Gasteiger partial charge in [-0.05, 0) is 42.5 Å². The quantitative estimate of drug-likeness (QED) is 0.753. The lowest BCUT2D eigenvalue weighted by Crippen LogP contribution is -2.23. The van der Waals surface area contributed by atoms with Crippen molar-refractivity contribution in [2.45, 2.75) is 10.4 Å². The van der Waals surface area contributed by atoms with Crippen molar-refractivity contribution >= 4 is 49.0 Å². The molecule has 4 nitrogen and oxygen atoms in total. The second kappa shape index (κ2) is 6.73. The van der Waals surface area contributed by atoms with E-state index in [1.165, 1.54) is 6.07 Å². The highest BCUT2D eigenvalue weighted by atomic mass is 79.9. The minimum Gasteiger partial charge on any atom is -0.321 e. The predicted molar refractivity (Wildman–Crippen MR) is 86.8 cm³/mol. The molecule has 0 fully saturated rings. The molecule has 0 aliphatic rings. The molecule has 10 heteroatoms. The van der Waals surface area contributed by atoms with Gasteiger partial charge in [0.15, 0.2) is 0 Å². The van der Waals surface area contributed by atoms with Gasteiger partial charge in [0.05, 0.1) is 15.6 Å². The molecule has 0 unspecified atom stereocenters. The Bertz CT molecular complexity index is 883. The normalized spacial score (nSPS) is 12.0. The van der Waals surface area contributed by atoms with Crippen molar-refractivity contribution < 1.29 is 26.4 Å². The predicted octanol–water partition coefficient (Wildman–Crippen LogP) is 4.65. The molecule has 1 amide bonds. The lowest BCUT2D eigenvalue weighted by Gasteiger charge is -2.10. The Morgan fingerprint density at radius 2 is 1.67 bits per heavy atom. The Morgan fingerprint density at radius 1 is 1.08 bits per heavy atom. The number of sulfone groups is 1. The van der Waals surface area contributed by atoms with Gasteiger partial charge in [-0.1, -0.05) is 27.5 Å². The summed E-state index contributed by atoms with van der Waals surface area (Å²) in [6.07, 6.45) is 0. The van der Waals surface area contributed by atoms with E-state index in [2.05, 4.69) is 21.2 Å². The maximum absolute atomic E-state index is 12.5. The molecule has 0 bridgehead atoms. The summed E-state index contributed by atoms with van der Waals surface area (Å²) in [7, 11) is -5.45. The van der Waals surface area contributed by atoms with E-state index < -0.39 is 26.1 Å². The van der Waals surface area contributed by atoms with Gasteiger partial charge in [0.1, 0.15) is 0 Å². The number of nitrogens with one attached hydrogen (secondary N) is 1. The smallest absolute Gasteiger partial charge is 0.321 e. The summed E-state index contributed by atoms with van der Waals surface area (Å²) in [6, 6.07) is 8.15. The third-order valence-electron chi connectivity index (χ3n) is 2.91. The van der Waals surface area contributed by atoms with Crippen LogP contribution >= 0.6 is 27.5 Å². The molecule has 0 spiro atoms. The molecule has 2 aromatic rings. The number of carbonyl (C=O) groups is 1. The van der Waals surface area contributed by atoms with E-state index in [1.807, 2.05) is 0 Å². The van der Waals surface area contributed by atoms with Crippen LogP contribution in [0.3, 0.4) is 0 Å². The minimum absolute atomic E-state index is 0.0184. The molecule has 0 atom stereocenters. The van der Waals surface area contributed by atoms with Crippen molar-refractivity contribution in [2.24, 2.45) is 0 Å². The highest BCUT2D eigenvalue weighted by Gasteiger charge is 2.46. The number of alkyl halides is 3. The summed E-state index contributed by atoms with van der Waals surface area (Å²) in [5, 5.41) is 2.74. The fourth-order valence-corrected chi connectivity index (χ4v) is 3.19. The third-order valence-corrected chi connectivity index (χ3v) is 5.22. The number of anilines is 1. The van der Waals surface area contributed by atoms with Crippen LogP contribution in [-0.2, 0) is 9.84 Å². The van der Waals surface area contributed by atoms with Crippen molar-refractivity contribution in [1.29, 1.82) is 0 Å². The summed E-state index contributed by atoms with van der Waals surface area (Å²) < 4.78 is 60.6. The summed E-state index contributed by atoms with van der Waals surface area (Å²) >= 11 is 9.15. The van der Waals surface area contributed by atoms with Crippen LogP contribution in [0, 0.1) is 0 Å². The van der Waals surface area contributed by atoms with Gasteiger partial charge in [-0.15, -0.1) is 0 Å². The van der Waals surface area contributed by atoms with Crippen LogP contribution in [0.15, 0.2) is 51.8 Å². The molecule has 1 N–H and O–H groups in total. The molecular weight excluding hydrogens is 435 g/mol. The monoisotopic (exact) mass is 441 g/mol. The van der Waals surface area contributed by atoms with Gasteiger partial charge in [-0.25, -0.2) is 8.42 Å². The van der Waals surface area contributed by atoms with Gasteiger partial charge < -0.3 is 5.32 Å². The van der Waals surface area contributed by atoms with Crippen LogP contribution in [0.25, 0.3) is 0 Å². The first kappa shape index (κ1) is 18.8. The van der Waals surface area contributed by atoms with Crippen molar-refractivity contribution in [3.05, 3.63) is 57.5 Å². The Labute approximate surface area is 148 Å². The van der Waals surface area contributed by atoms with E-state index in [9.17, 15) is 26.4 Å². The van der Waals surface area contributed by atoms with Crippen molar-refractivity contribution in [1.82, 2.24) is 0 Å². The first-order valence-corrected chi connectivity index (χ1v) is 8.85.